The predicted molar refractivity (Wildman–Crippen MR) is 99.3 cm³/mol. The van der Waals surface area contributed by atoms with Crippen molar-refractivity contribution < 1.29 is 23.9 Å². The molecule has 0 aromatic heterocycles. The molecule has 1 saturated heterocycles. The third kappa shape index (κ3) is 5.20. The van der Waals surface area contributed by atoms with E-state index in [2.05, 4.69) is 5.32 Å². The van der Waals surface area contributed by atoms with Gasteiger partial charge < -0.3 is 15.0 Å². The Hall–Kier alpha value is -3.12. The van der Waals surface area contributed by atoms with Gasteiger partial charge in [0.1, 0.15) is 12.6 Å². The number of nitrogens with zero attached hydrogens (tertiary/aromatic N) is 3. The molecular formula is C18H19ClN4O5. The highest BCUT2D eigenvalue weighted by Gasteiger charge is 2.33. The summed E-state index contributed by atoms with van der Waals surface area (Å²) in [6.45, 7) is 1.56. The molecule has 0 spiro atoms. The topological polar surface area (TPSA) is 120 Å². The number of urea groups is 1. The molecule has 0 aliphatic carbocycles. The molecule has 1 aromatic carbocycles. The molecule has 1 fully saturated rings. The number of esters is 1. The van der Waals surface area contributed by atoms with Gasteiger partial charge in [-0.1, -0.05) is 11.6 Å². The first-order chi connectivity index (χ1) is 13.2. The van der Waals surface area contributed by atoms with Crippen LogP contribution in [0.1, 0.15) is 25.3 Å². The van der Waals surface area contributed by atoms with Crippen LogP contribution in [0.15, 0.2) is 18.2 Å². The van der Waals surface area contributed by atoms with E-state index >= 15 is 0 Å². The van der Waals surface area contributed by atoms with Crippen LogP contribution in [0, 0.1) is 11.3 Å². The summed E-state index contributed by atoms with van der Waals surface area (Å²) in [6, 6.07) is 5.92. The van der Waals surface area contributed by atoms with Gasteiger partial charge in [-0.05, 0) is 31.5 Å². The number of benzene rings is 1. The minimum absolute atomic E-state index is 0.0276. The summed E-state index contributed by atoms with van der Waals surface area (Å²) >= 11 is 5.90. The van der Waals surface area contributed by atoms with Crippen molar-refractivity contribution in [3.8, 4) is 6.07 Å². The van der Waals surface area contributed by atoms with Gasteiger partial charge in [-0.15, -0.1) is 0 Å². The average Bonchev–Trinajstić information content (AvgIpc) is 2.87. The van der Waals surface area contributed by atoms with Crippen LogP contribution >= 0.6 is 11.6 Å². The molecule has 1 aromatic rings. The molecule has 148 valence electrons. The van der Waals surface area contributed by atoms with E-state index in [9.17, 15) is 19.2 Å². The van der Waals surface area contributed by atoms with Gasteiger partial charge >= 0.3 is 12.0 Å². The van der Waals surface area contributed by atoms with Gasteiger partial charge in [-0.3, -0.25) is 19.3 Å². The predicted octanol–water partition coefficient (Wildman–Crippen LogP) is 1.76. The van der Waals surface area contributed by atoms with Crippen LogP contribution in [0.5, 0.6) is 0 Å². The standard InChI is InChI=1S/C18H19ClN4O5/c1-11(17(26)21-13-6-5-12(9-20)14(19)8-13)28-16(25)4-3-7-23-15(24)10-22(2)18(23)27/h5-6,8,11H,3-4,7,10H2,1-2H3,(H,21,26)/t11-/m0/s1. The van der Waals surface area contributed by atoms with E-state index in [1.807, 2.05) is 6.07 Å². The van der Waals surface area contributed by atoms with Crippen LogP contribution in [-0.4, -0.2) is 59.9 Å². The average molecular weight is 407 g/mol. The maximum atomic E-state index is 12.1. The molecule has 4 amide bonds. The number of halogens is 1. The second-order valence-corrected chi connectivity index (χ2v) is 6.62. The first-order valence-corrected chi connectivity index (χ1v) is 8.86. The Balaban J connectivity index is 1.78. The van der Waals surface area contributed by atoms with Crippen LogP contribution < -0.4 is 5.32 Å². The van der Waals surface area contributed by atoms with Crippen LogP contribution in [0.25, 0.3) is 0 Å². The molecule has 1 N–H and O–H groups in total. The fraction of sp³-hybridized carbons (Fsp3) is 0.389. The van der Waals surface area contributed by atoms with Gasteiger partial charge in [0, 0.05) is 25.7 Å². The van der Waals surface area contributed by atoms with Crippen molar-refractivity contribution in [1.82, 2.24) is 9.80 Å². The van der Waals surface area contributed by atoms with E-state index in [-0.39, 0.29) is 42.4 Å². The third-order valence-corrected chi connectivity index (χ3v) is 4.34. The molecule has 0 radical (unpaired) electrons. The number of carbonyl (C=O) groups is 4. The second-order valence-electron chi connectivity index (χ2n) is 6.22. The van der Waals surface area contributed by atoms with Crippen molar-refractivity contribution in [3.63, 3.8) is 0 Å². The quantitative estimate of drug-likeness (QED) is 0.544. The van der Waals surface area contributed by atoms with Gasteiger partial charge in [-0.25, -0.2) is 4.79 Å². The zero-order chi connectivity index (χ0) is 20.8. The van der Waals surface area contributed by atoms with E-state index in [1.165, 1.54) is 37.1 Å². The summed E-state index contributed by atoms with van der Waals surface area (Å²) in [5.41, 5.74) is 0.646. The van der Waals surface area contributed by atoms with Crippen molar-refractivity contribution in [1.29, 1.82) is 5.26 Å². The number of anilines is 1. The summed E-state index contributed by atoms with van der Waals surface area (Å²) in [7, 11) is 1.52. The Labute approximate surface area is 166 Å². The Morgan fingerprint density at radius 3 is 2.68 bits per heavy atom. The molecule has 1 aliphatic rings. The largest absolute Gasteiger partial charge is 0.453 e. The maximum Gasteiger partial charge on any atom is 0.326 e. The lowest BCUT2D eigenvalue weighted by Gasteiger charge is -2.15. The first kappa shape index (κ1) is 21.2. The van der Waals surface area contributed by atoms with E-state index in [4.69, 9.17) is 21.6 Å². The first-order valence-electron chi connectivity index (χ1n) is 8.48. The van der Waals surface area contributed by atoms with Gasteiger partial charge in [0.15, 0.2) is 6.10 Å². The lowest BCUT2D eigenvalue weighted by atomic mass is 10.2. The van der Waals surface area contributed by atoms with E-state index in [0.29, 0.717) is 5.69 Å². The van der Waals surface area contributed by atoms with Crippen molar-refractivity contribution in [3.05, 3.63) is 28.8 Å². The second kappa shape index (κ2) is 9.19. The van der Waals surface area contributed by atoms with Crippen LogP contribution in [0.3, 0.4) is 0 Å². The summed E-state index contributed by atoms with van der Waals surface area (Å²) in [5, 5.41) is 11.6. The fourth-order valence-electron chi connectivity index (χ4n) is 2.51. The zero-order valence-corrected chi connectivity index (χ0v) is 16.2. The molecule has 0 saturated carbocycles. The summed E-state index contributed by atoms with van der Waals surface area (Å²) < 4.78 is 5.06. The van der Waals surface area contributed by atoms with E-state index in [0.717, 1.165) is 4.90 Å². The van der Waals surface area contributed by atoms with Gasteiger partial charge in [-0.2, -0.15) is 5.26 Å². The van der Waals surface area contributed by atoms with E-state index < -0.39 is 24.0 Å². The Bertz CT molecular complexity index is 851. The van der Waals surface area contributed by atoms with Gasteiger partial charge in [0.2, 0.25) is 5.91 Å². The highest BCUT2D eigenvalue weighted by molar-refractivity contribution is 6.32. The number of imide groups is 1. The fourth-order valence-corrected chi connectivity index (χ4v) is 2.73. The molecule has 2 rings (SSSR count). The number of likely N-dealkylation sites (N-methyl/N-ethyl adjacent to an activating group) is 1. The Morgan fingerprint density at radius 1 is 1.39 bits per heavy atom. The lowest BCUT2D eigenvalue weighted by molar-refractivity contribution is -0.153. The normalized spacial score (nSPS) is 14.6. The van der Waals surface area contributed by atoms with Crippen LogP contribution in [0.4, 0.5) is 10.5 Å². The highest BCUT2D eigenvalue weighted by Crippen LogP contribution is 2.20. The lowest BCUT2D eigenvalue weighted by Crippen LogP contribution is -2.33. The highest BCUT2D eigenvalue weighted by atomic mass is 35.5. The monoisotopic (exact) mass is 406 g/mol. The van der Waals surface area contributed by atoms with E-state index in [1.54, 1.807) is 0 Å². The number of nitrogens with one attached hydrogen (secondary N) is 1. The third-order valence-electron chi connectivity index (χ3n) is 4.03. The zero-order valence-electron chi connectivity index (χ0n) is 15.4. The minimum Gasteiger partial charge on any atom is -0.453 e. The molecule has 0 unspecified atom stereocenters. The molecule has 0 bridgehead atoms. The number of amides is 4. The summed E-state index contributed by atoms with van der Waals surface area (Å²) in [4.78, 5) is 49.8. The SMILES string of the molecule is C[C@H](OC(=O)CCCN1C(=O)CN(C)C1=O)C(=O)Nc1ccc(C#N)c(Cl)c1. The molecule has 9 nitrogen and oxygen atoms in total. The van der Waals surface area contributed by atoms with Gasteiger partial charge in [0.05, 0.1) is 10.6 Å². The number of ether oxygens (including phenoxy) is 1. The van der Waals surface area contributed by atoms with Crippen LogP contribution in [-0.2, 0) is 19.1 Å². The molecule has 28 heavy (non-hydrogen) atoms. The Morgan fingerprint density at radius 2 is 2.11 bits per heavy atom. The minimum atomic E-state index is -1.05. The van der Waals surface area contributed by atoms with Crippen molar-refractivity contribution in [2.75, 3.05) is 25.5 Å². The number of carbonyl (C=O) groups excluding carboxylic acids is 4. The smallest absolute Gasteiger partial charge is 0.326 e. The maximum absolute atomic E-state index is 12.1. The molecule has 1 heterocycles. The summed E-state index contributed by atoms with van der Waals surface area (Å²) in [5.74, 6) is -1.48. The van der Waals surface area contributed by atoms with Gasteiger partial charge in [0.25, 0.3) is 5.91 Å². The van der Waals surface area contributed by atoms with Crippen molar-refractivity contribution >= 4 is 41.1 Å². The molecule has 10 heteroatoms. The Kier molecular flexibility index (Phi) is 6.95. The molecule has 1 aliphatic heterocycles. The van der Waals surface area contributed by atoms with Crippen molar-refractivity contribution in [2.24, 2.45) is 0 Å². The number of hydrogen-bond donors (Lipinski definition) is 1. The molecular weight excluding hydrogens is 388 g/mol. The van der Waals surface area contributed by atoms with Crippen molar-refractivity contribution in [2.45, 2.75) is 25.9 Å². The number of hydrogen-bond acceptors (Lipinski definition) is 6. The number of rotatable bonds is 7. The summed E-state index contributed by atoms with van der Waals surface area (Å²) in [6.07, 6.45) is -0.853. The van der Waals surface area contributed by atoms with Crippen LogP contribution in [0.2, 0.25) is 5.02 Å². The number of nitriles is 1. The molecule has 1 atom stereocenters.